The summed E-state index contributed by atoms with van der Waals surface area (Å²) in [6.07, 6.45) is 0. The molecule has 3 aromatic rings. The molecule has 0 unspecified atom stereocenters. The van der Waals surface area contributed by atoms with Gasteiger partial charge in [-0.2, -0.15) is 0 Å². The van der Waals surface area contributed by atoms with Crippen LogP contribution in [0.3, 0.4) is 0 Å². The molecule has 0 aliphatic rings. The van der Waals surface area contributed by atoms with Crippen LogP contribution < -0.4 is 5.32 Å². The third kappa shape index (κ3) is 3.35. The predicted molar refractivity (Wildman–Crippen MR) is 86.6 cm³/mol. The lowest BCUT2D eigenvalue weighted by Gasteiger charge is -1.98. The lowest BCUT2D eigenvalue weighted by Crippen LogP contribution is -2.13. The van der Waals surface area contributed by atoms with E-state index < -0.39 is 0 Å². The van der Waals surface area contributed by atoms with E-state index in [0.29, 0.717) is 10.9 Å². The van der Waals surface area contributed by atoms with Crippen LogP contribution in [0.2, 0.25) is 0 Å². The molecule has 2 heterocycles. The standard InChI is InChI=1S/C11H7BrN4OS3/c12-6-1-2-7-8(3-6)20-10(14-7)15-9(17)4-18-11-16-13-5-19-11/h1-3,5H,4H2,(H,14,15,17). The number of halogens is 1. The number of rotatable bonds is 4. The van der Waals surface area contributed by atoms with Gasteiger partial charge in [0.15, 0.2) is 9.47 Å². The Morgan fingerprint density at radius 1 is 1.45 bits per heavy atom. The molecule has 0 spiro atoms. The zero-order chi connectivity index (χ0) is 13.9. The number of thiazole rings is 1. The van der Waals surface area contributed by atoms with Gasteiger partial charge < -0.3 is 5.32 Å². The van der Waals surface area contributed by atoms with Crippen LogP contribution in [-0.2, 0) is 4.79 Å². The number of anilines is 1. The summed E-state index contributed by atoms with van der Waals surface area (Å²) in [5.41, 5.74) is 2.52. The van der Waals surface area contributed by atoms with Crippen molar-refractivity contribution in [3.63, 3.8) is 0 Å². The molecule has 20 heavy (non-hydrogen) atoms. The molecule has 1 aromatic carbocycles. The first-order valence-electron chi connectivity index (χ1n) is 5.45. The number of amides is 1. The Morgan fingerprint density at radius 2 is 2.35 bits per heavy atom. The number of hydrogen-bond donors (Lipinski definition) is 1. The quantitative estimate of drug-likeness (QED) is 0.693. The Balaban J connectivity index is 1.65. The van der Waals surface area contributed by atoms with Crippen LogP contribution >= 0.6 is 50.4 Å². The summed E-state index contributed by atoms with van der Waals surface area (Å²) in [4.78, 5) is 16.2. The van der Waals surface area contributed by atoms with Gasteiger partial charge in [-0.05, 0) is 18.2 Å². The van der Waals surface area contributed by atoms with Crippen molar-refractivity contribution in [1.82, 2.24) is 15.2 Å². The highest BCUT2D eigenvalue weighted by Crippen LogP contribution is 2.28. The first-order chi connectivity index (χ1) is 9.70. The average molecular weight is 387 g/mol. The first kappa shape index (κ1) is 13.9. The Labute approximate surface area is 135 Å². The molecule has 0 atom stereocenters. The molecule has 2 aromatic heterocycles. The van der Waals surface area contributed by atoms with Crippen molar-refractivity contribution in [3.05, 3.63) is 28.2 Å². The molecule has 3 rings (SSSR count). The number of fused-ring (bicyclic) bond motifs is 1. The molecule has 0 saturated heterocycles. The molecule has 0 bridgehead atoms. The van der Waals surface area contributed by atoms with Crippen molar-refractivity contribution in [3.8, 4) is 0 Å². The third-order valence-corrected chi connectivity index (χ3v) is 5.55. The highest BCUT2D eigenvalue weighted by molar-refractivity contribution is 9.10. The molecule has 0 aliphatic carbocycles. The molecule has 0 fully saturated rings. The van der Waals surface area contributed by atoms with Crippen LogP contribution in [0.25, 0.3) is 10.2 Å². The number of aromatic nitrogens is 3. The molecular weight excluding hydrogens is 380 g/mol. The summed E-state index contributed by atoms with van der Waals surface area (Å²) in [5, 5.41) is 11.0. The maximum Gasteiger partial charge on any atom is 0.236 e. The average Bonchev–Trinajstić information content (AvgIpc) is 3.04. The molecular formula is C11H7BrN4OS3. The number of nitrogens with zero attached hydrogens (tertiary/aromatic N) is 3. The van der Waals surface area contributed by atoms with Gasteiger partial charge >= 0.3 is 0 Å². The zero-order valence-electron chi connectivity index (χ0n) is 9.87. The van der Waals surface area contributed by atoms with Crippen molar-refractivity contribution in [2.45, 2.75) is 4.34 Å². The van der Waals surface area contributed by atoms with Crippen LogP contribution in [0.5, 0.6) is 0 Å². The van der Waals surface area contributed by atoms with Crippen molar-refractivity contribution in [1.29, 1.82) is 0 Å². The van der Waals surface area contributed by atoms with E-state index in [0.717, 1.165) is 19.0 Å². The summed E-state index contributed by atoms with van der Waals surface area (Å²) in [6, 6.07) is 5.83. The highest BCUT2D eigenvalue weighted by Gasteiger charge is 2.09. The van der Waals surface area contributed by atoms with Gasteiger partial charge in [-0.1, -0.05) is 50.4 Å². The van der Waals surface area contributed by atoms with Crippen LogP contribution in [-0.4, -0.2) is 26.8 Å². The van der Waals surface area contributed by atoms with Crippen molar-refractivity contribution in [2.75, 3.05) is 11.1 Å². The Bertz CT molecular complexity index is 743. The number of thioether (sulfide) groups is 1. The van der Waals surface area contributed by atoms with E-state index in [9.17, 15) is 4.79 Å². The largest absolute Gasteiger partial charge is 0.301 e. The number of carbonyl (C=O) groups excluding carboxylic acids is 1. The molecule has 1 N–H and O–H groups in total. The molecule has 0 saturated carbocycles. The van der Waals surface area contributed by atoms with E-state index in [-0.39, 0.29) is 5.91 Å². The molecule has 5 nitrogen and oxygen atoms in total. The van der Waals surface area contributed by atoms with E-state index in [1.165, 1.54) is 34.4 Å². The highest BCUT2D eigenvalue weighted by atomic mass is 79.9. The number of nitrogens with one attached hydrogen (secondary N) is 1. The molecule has 9 heteroatoms. The fraction of sp³-hybridized carbons (Fsp3) is 0.0909. The van der Waals surface area contributed by atoms with Crippen LogP contribution in [0.4, 0.5) is 5.13 Å². The van der Waals surface area contributed by atoms with E-state index in [4.69, 9.17) is 0 Å². The lowest BCUT2D eigenvalue weighted by atomic mass is 10.3. The van der Waals surface area contributed by atoms with Crippen molar-refractivity contribution < 1.29 is 4.79 Å². The van der Waals surface area contributed by atoms with Gasteiger partial charge in [0.1, 0.15) is 5.51 Å². The summed E-state index contributed by atoms with van der Waals surface area (Å²) in [5.74, 6) is 0.206. The first-order valence-corrected chi connectivity index (χ1v) is 8.93. The zero-order valence-corrected chi connectivity index (χ0v) is 13.9. The Hall–Kier alpha value is -1.03. The maximum absolute atomic E-state index is 11.8. The van der Waals surface area contributed by atoms with Gasteiger partial charge in [0.05, 0.1) is 16.0 Å². The van der Waals surface area contributed by atoms with Crippen molar-refractivity contribution >= 4 is 71.6 Å². The van der Waals surface area contributed by atoms with Crippen LogP contribution in [0, 0.1) is 0 Å². The van der Waals surface area contributed by atoms with Gasteiger partial charge in [-0.15, -0.1) is 10.2 Å². The minimum Gasteiger partial charge on any atom is -0.301 e. The summed E-state index contributed by atoms with van der Waals surface area (Å²) in [6.45, 7) is 0. The Morgan fingerprint density at radius 3 is 3.15 bits per heavy atom. The molecule has 0 radical (unpaired) electrons. The second-order valence-corrected chi connectivity index (χ2v) is 7.67. The third-order valence-electron chi connectivity index (χ3n) is 2.26. The maximum atomic E-state index is 11.8. The van der Waals surface area contributed by atoms with E-state index in [1.54, 1.807) is 5.51 Å². The van der Waals surface area contributed by atoms with Crippen LogP contribution in [0.15, 0.2) is 32.5 Å². The molecule has 0 aliphatic heterocycles. The van der Waals surface area contributed by atoms with Gasteiger partial charge in [-0.3, -0.25) is 4.79 Å². The number of benzene rings is 1. The normalized spacial score (nSPS) is 10.8. The summed E-state index contributed by atoms with van der Waals surface area (Å²) in [7, 11) is 0. The minimum absolute atomic E-state index is 0.0941. The lowest BCUT2D eigenvalue weighted by molar-refractivity contribution is -0.113. The Kier molecular flexibility index (Phi) is 4.29. The fourth-order valence-electron chi connectivity index (χ4n) is 1.46. The predicted octanol–water partition coefficient (Wildman–Crippen LogP) is 3.64. The number of carbonyl (C=O) groups is 1. The topological polar surface area (TPSA) is 67.8 Å². The smallest absolute Gasteiger partial charge is 0.236 e. The molecule has 1 amide bonds. The summed E-state index contributed by atoms with van der Waals surface area (Å²) >= 11 is 7.66. The van der Waals surface area contributed by atoms with E-state index in [2.05, 4.69) is 36.4 Å². The monoisotopic (exact) mass is 386 g/mol. The van der Waals surface area contributed by atoms with Gasteiger partial charge in [0.2, 0.25) is 5.91 Å². The van der Waals surface area contributed by atoms with Gasteiger partial charge in [0, 0.05) is 4.47 Å². The van der Waals surface area contributed by atoms with E-state index in [1.807, 2.05) is 18.2 Å². The van der Waals surface area contributed by atoms with Gasteiger partial charge in [-0.25, -0.2) is 4.98 Å². The fourth-order valence-corrected chi connectivity index (χ4v) is 4.18. The minimum atomic E-state index is -0.0941. The summed E-state index contributed by atoms with van der Waals surface area (Å²) < 4.78 is 2.82. The van der Waals surface area contributed by atoms with Gasteiger partial charge in [0.25, 0.3) is 0 Å². The second-order valence-electron chi connectivity index (χ2n) is 3.67. The SMILES string of the molecule is O=C(CSc1nncs1)Nc1nc2ccc(Br)cc2s1. The van der Waals surface area contributed by atoms with Crippen molar-refractivity contribution in [2.24, 2.45) is 0 Å². The number of hydrogen-bond acceptors (Lipinski definition) is 7. The molecule has 102 valence electrons. The van der Waals surface area contributed by atoms with Crippen LogP contribution in [0.1, 0.15) is 0 Å². The van der Waals surface area contributed by atoms with E-state index >= 15 is 0 Å². The second kappa shape index (κ2) is 6.17.